The number of ether oxygens (including phenoxy) is 1. The Kier molecular flexibility index (Phi) is 6.82. The van der Waals surface area contributed by atoms with Gasteiger partial charge < -0.3 is 10.5 Å². The van der Waals surface area contributed by atoms with Crippen molar-refractivity contribution in [2.24, 2.45) is 5.73 Å². The predicted octanol–water partition coefficient (Wildman–Crippen LogP) is 5.33. The first-order valence-corrected chi connectivity index (χ1v) is 15.2. The van der Waals surface area contributed by atoms with E-state index >= 15 is 0 Å². The molecule has 45 heavy (non-hydrogen) atoms. The Balaban J connectivity index is 1.34. The molecule has 9 heteroatoms. The number of nitrogens with zero attached hydrogens (tertiary/aromatic N) is 1. The van der Waals surface area contributed by atoms with Crippen LogP contribution in [0.4, 0.5) is 0 Å². The average Bonchev–Trinajstić information content (AvgIpc) is 3.07. The van der Waals surface area contributed by atoms with Crippen molar-refractivity contribution >= 4 is 52.2 Å². The summed E-state index contributed by atoms with van der Waals surface area (Å²) in [6.45, 7) is 0. The van der Waals surface area contributed by atoms with Crippen LogP contribution in [0.5, 0.6) is 0 Å². The highest BCUT2D eigenvalue weighted by Gasteiger charge is 2.45. The number of thioether (sulfide) groups is 1. The molecule has 0 aromatic heterocycles. The number of esters is 2. The van der Waals surface area contributed by atoms with Crippen molar-refractivity contribution in [2.75, 3.05) is 5.75 Å². The molecule has 0 saturated carbocycles. The zero-order chi connectivity index (χ0) is 31.3. The molecule has 0 fully saturated rings. The number of hydrogen-bond donors (Lipinski definition) is 1. The lowest BCUT2D eigenvalue weighted by molar-refractivity contribution is -0.121. The Labute approximate surface area is 261 Å². The lowest BCUT2D eigenvalue weighted by atomic mass is 9.84. The summed E-state index contributed by atoms with van der Waals surface area (Å²) in [4.78, 5) is 67.2. The number of amides is 3. The molecular weight excluding hydrogens is 588 g/mol. The van der Waals surface area contributed by atoms with Gasteiger partial charge in [-0.25, -0.2) is 9.59 Å². The van der Waals surface area contributed by atoms with Crippen molar-refractivity contribution in [3.05, 3.63) is 154 Å². The van der Waals surface area contributed by atoms with Gasteiger partial charge in [0.25, 0.3) is 11.8 Å². The second kappa shape index (κ2) is 10.9. The Hall–Kier alpha value is -5.54. The van der Waals surface area contributed by atoms with Gasteiger partial charge in [-0.05, 0) is 41.0 Å². The van der Waals surface area contributed by atoms with Gasteiger partial charge in [-0.1, -0.05) is 91.0 Å². The van der Waals surface area contributed by atoms with Gasteiger partial charge in [0.1, 0.15) is 6.04 Å². The summed E-state index contributed by atoms with van der Waals surface area (Å²) in [5.74, 6) is -4.06. The van der Waals surface area contributed by atoms with Crippen LogP contribution in [0.2, 0.25) is 0 Å². The van der Waals surface area contributed by atoms with E-state index in [9.17, 15) is 24.0 Å². The molecule has 0 bridgehead atoms. The second-order valence-electron chi connectivity index (χ2n) is 10.7. The van der Waals surface area contributed by atoms with Crippen molar-refractivity contribution in [3.63, 3.8) is 0 Å². The first-order chi connectivity index (χ1) is 21.8. The minimum absolute atomic E-state index is 0.0229. The fourth-order valence-corrected chi connectivity index (χ4v) is 7.91. The molecule has 0 spiro atoms. The number of carbonyl (C=O) groups excluding carboxylic acids is 5. The minimum Gasteiger partial charge on any atom is -0.386 e. The minimum atomic E-state index is -1.33. The van der Waals surface area contributed by atoms with Gasteiger partial charge in [0, 0.05) is 27.7 Å². The lowest BCUT2D eigenvalue weighted by Crippen LogP contribution is -2.54. The van der Waals surface area contributed by atoms with Crippen molar-refractivity contribution < 1.29 is 28.7 Å². The average molecular weight is 613 g/mol. The topological polar surface area (TPSA) is 124 Å². The number of benzene rings is 5. The number of carbonyl (C=O) groups is 5. The van der Waals surface area contributed by atoms with Gasteiger partial charge in [0.05, 0.1) is 15.9 Å². The fourth-order valence-electron chi connectivity index (χ4n) is 6.28. The second-order valence-corrected chi connectivity index (χ2v) is 12.0. The normalized spacial score (nSPS) is 14.8. The molecule has 1 atom stereocenters. The molecule has 2 aliphatic heterocycles. The highest BCUT2D eigenvalue weighted by atomic mass is 32.2. The van der Waals surface area contributed by atoms with Crippen LogP contribution in [0, 0.1) is 0 Å². The van der Waals surface area contributed by atoms with E-state index in [1.165, 1.54) is 36.0 Å². The molecule has 0 unspecified atom stereocenters. The molecular formula is C36H24N2O6S. The smallest absolute Gasteiger partial charge is 0.346 e. The van der Waals surface area contributed by atoms with Crippen LogP contribution >= 0.6 is 11.8 Å². The molecule has 8 nitrogen and oxygen atoms in total. The number of imide groups is 1. The summed E-state index contributed by atoms with van der Waals surface area (Å²) in [5, 5.41) is 0.373. The van der Waals surface area contributed by atoms with Crippen LogP contribution in [0.15, 0.2) is 115 Å². The van der Waals surface area contributed by atoms with E-state index in [2.05, 4.69) is 0 Å². The molecule has 3 amide bonds. The number of nitrogens with two attached hydrogens (primary N) is 1. The maximum Gasteiger partial charge on any atom is 0.346 e. The first-order valence-electron chi connectivity index (χ1n) is 14.2. The van der Waals surface area contributed by atoms with Gasteiger partial charge in [-0.15, -0.1) is 11.8 Å². The van der Waals surface area contributed by atoms with Crippen LogP contribution in [0.3, 0.4) is 0 Å². The molecule has 2 aliphatic rings. The SMILES string of the molecule is NC(=O)[C@H](CSC(c1ccccc1)(c1ccccc1)c1ccccc1)N1C(=O)c2ccc3c4c(ccc(c24)C1=O)C(=O)OC3=O. The molecule has 0 radical (unpaired) electrons. The third-order valence-corrected chi connectivity index (χ3v) is 9.95. The maximum atomic E-state index is 14.1. The first kappa shape index (κ1) is 28.2. The molecule has 5 aromatic rings. The number of hydrogen-bond acceptors (Lipinski definition) is 7. The van der Waals surface area contributed by atoms with Crippen molar-refractivity contribution in [2.45, 2.75) is 10.8 Å². The zero-order valence-electron chi connectivity index (χ0n) is 23.6. The molecule has 220 valence electrons. The predicted molar refractivity (Wildman–Crippen MR) is 169 cm³/mol. The van der Waals surface area contributed by atoms with Crippen LogP contribution < -0.4 is 5.73 Å². The molecule has 5 aromatic carbocycles. The van der Waals surface area contributed by atoms with Gasteiger partial charge in [0.2, 0.25) is 5.91 Å². The number of rotatable bonds is 8. The Morgan fingerprint density at radius 1 is 0.622 bits per heavy atom. The van der Waals surface area contributed by atoms with Crippen LogP contribution in [0.1, 0.15) is 58.1 Å². The van der Waals surface area contributed by atoms with E-state index < -0.39 is 40.4 Å². The summed E-state index contributed by atoms with van der Waals surface area (Å²) >= 11 is 1.40. The highest BCUT2D eigenvalue weighted by Crippen LogP contribution is 2.49. The van der Waals surface area contributed by atoms with E-state index in [1.54, 1.807) is 0 Å². The van der Waals surface area contributed by atoms with Crippen LogP contribution in [-0.4, -0.2) is 46.4 Å². The van der Waals surface area contributed by atoms with Gasteiger partial charge >= 0.3 is 11.9 Å². The Morgan fingerprint density at radius 2 is 1.00 bits per heavy atom. The Morgan fingerprint density at radius 3 is 1.40 bits per heavy atom. The van der Waals surface area contributed by atoms with E-state index in [4.69, 9.17) is 10.5 Å². The highest BCUT2D eigenvalue weighted by molar-refractivity contribution is 8.00. The monoisotopic (exact) mass is 612 g/mol. The maximum absolute atomic E-state index is 14.1. The summed E-state index contributed by atoms with van der Waals surface area (Å²) in [6.07, 6.45) is 0. The van der Waals surface area contributed by atoms with E-state index in [1.807, 2.05) is 91.0 Å². The third kappa shape index (κ3) is 4.35. The number of primary amides is 1. The zero-order valence-corrected chi connectivity index (χ0v) is 24.5. The van der Waals surface area contributed by atoms with E-state index in [0.717, 1.165) is 21.6 Å². The number of cyclic esters (lactones) is 2. The van der Waals surface area contributed by atoms with Crippen LogP contribution in [-0.2, 0) is 14.3 Å². The van der Waals surface area contributed by atoms with Crippen molar-refractivity contribution in [1.82, 2.24) is 4.90 Å². The van der Waals surface area contributed by atoms with Crippen molar-refractivity contribution in [1.29, 1.82) is 0 Å². The van der Waals surface area contributed by atoms with Gasteiger partial charge in [-0.2, -0.15) is 0 Å². The largest absolute Gasteiger partial charge is 0.386 e. The fraction of sp³-hybridized carbons (Fsp3) is 0.0833. The van der Waals surface area contributed by atoms with Crippen molar-refractivity contribution in [3.8, 4) is 0 Å². The third-order valence-electron chi connectivity index (χ3n) is 8.32. The van der Waals surface area contributed by atoms with E-state index in [0.29, 0.717) is 0 Å². The lowest BCUT2D eigenvalue weighted by Gasteiger charge is -2.38. The molecule has 2 N–H and O–H groups in total. The molecule has 0 saturated heterocycles. The summed E-state index contributed by atoms with van der Waals surface area (Å²) in [7, 11) is 0. The standard InChI is InChI=1S/C36H24N2O6S/c37-31(39)28(20-45-36(21-10-4-1-5-11-21,22-12-6-2-7-13-22)23-14-8-3-9-15-23)38-32(40)24-16-18-26-30-27(35(43)44-34(26)42)19-17-25(29(24)30)33(38)41/h1-19,28H,20H2,(H2,37,39)/t28-/m0/s1. The summed E-state index contributed by atoms with van der Waals surface area (Å²) in [6, 6.07) is 33.7. The summed E-state index contributed by atoms with van der Waals surface area (Å²) in [5.41, 5.74) is 9.12. The van der Waals surface area contributed by atoms with E-state index in [-0.39, 0.29) is 38.8 Å². The summed E-state index contributed by atoms with van der Waals surface area (Å²) < 4.78 is 4.00. The van der Waals surface area contributed by atoms with Crippen LogP contribution in [0.25, 0.3) is 10.8 Å². The quantitative estimate of drug-likeness (QED) is 0.109. The molecule has 7 rings (SSSR count). The molecule has 2 heterocycles. The van der Waals surface area contributed by atoms with Gasteiger partial charge in [0.15, 0.2) is 0 Å². The van der Waals surface area contributed by atoms with Gasteiger partial charge in [-0.3, -0.25) is 19.3 Å². The molecule has 0 aliphatic carbocycles. The Bertz CT molecular complexity index is 1880.